The predicted molar refractivity (Wildman–Crippen MR) is 126 cm³/mol. The van der Waals surface area contributed by atoms with Gasteiger partial charge in [0.05, 0.1) is 36.0 Å². The van der Waals surface area contributed by atoms with E-state index >= 15 is 0 Å². The summed E-state index contributed by atoms with van der Waals surface area (Å²) in [5.41, 5.74) is 2.80. The van der Waals surface area contributed by atoms with E-state index in [2.05, 4.69) is 10.4 Å². The molecule has 0 bridgehead atoms. The highest BCUT2D eigenvalue weighted by atomic mass is 32.2. The highest BCUT2D eigenvalue weighted by Gasteiger charge is 2.28. The molecule has 0 atom stereocenters. The first-order valence-electron chi connectivity index (χ1n) is 11.3. The summed E-state index contributed by atoms with van der Waals surface area (Å²) in [6.45, 7) is 0.627. The predicted octanol–water partition coefficient (Wildman–Crippen LogP) is 2.78. The Morgan fingerprint density at radius 1 is 1.06 bits per heavy atom. The van der Waals surface area contributed by atoms with Crippen molar-refractivity contribution >= 4 is 21.7 Å². The van der Waals surface area contributed by atoms with Crippen molar-refractivity contribution in [1.29, 1.82) is 0 Å². The molecular weight excluding hydrogens is 456 g/mol. The number of aryl methyl sites for hydroxylation is 1. The van der Waals surface area contributed by atoms with Crippen LogP contribution in [0.5, 0.6) is 11.5 Å². The summed E-state index contributed by atoms with van der Waals surface area (Å²) in [5.74, 6) is 1.07. The van der Waals surface area contributed by atoms with Crippen molar-refractivity contribution in [2.45, 2.75) is 30.6 Å². The van der Waals surface area contributed by atoms with E-state index in [0.717, 1.165) is 46.9 Å². The average molecular weight is 483 g/mol. The van der Waals surface area contributed by atoms with Crippen LogP contribution >= 0.6 is 0 Å². The largest absolute Gasteiger partial charge is 0.490 e. The number of nitrogens with one attached hydrogen (secondary N) is 1. The lowest BCUT2D eigenvalue weighted by Crippen LogP contribution is -2.35. The van der Waals surface area contributed by atoms with Crippen molar-refractivity contribution < 1.29 is 22.7 Å². The van der Waals surface area contributed by atoms with E-state index in [1.165, 1.54) is 19.2 Å². The van der Waals surface area contributed by atoms with Gasteiger partial charge < -0.3 is 14.8 Å². The van der Waals surface area contributed by atoms with Crippen LogP contribution in [-0.2, 0) is 27.7 Å². The zero-order valence-electron chi connectivity index (χ0n) is 18.9. The topological polar surface area (TPSA) is 103 Å². The number of ether oxygens (including phenoxy) is 2. The minimum atomic E-state index is -3.92. The van der Waals surface area contributed by atoms with Crippen LogP contribution in [0.25, 0.3) is 5.69 Å². The minimum absolute atomic E-state index is 0.0438. The van der Waals surface area contributed by atoms with Crippen LogP contribution in [0, 0.1) is 0 Å². The lowest BCUT2D eigenvalue weighted by atomic mass is 10.2. The van der Waals surface area contributed by atoms with Gasteiger partial charge in [0.25, 0.3) is 0 Å². The molecule has 2 aromatic carbocycles. The standard InChI is InChI=1S/C24H26N4O5S/c1-27(34(30,31)18-11-12-21-22(15-18)33-14-6-13-32-21)16-23(29)25-24-19-9-5-10-20(19)26-28(24)17-7-3-2-4-8-17/h2-4,7-8,11-12,15H,5-6,9-10,13-14,16H2,1H3,(H,25,29). The fourth-order valence-corrected chi connectivity index (χ4v) is 5.36. The second-order valence-corrected chi connectivity index (χ2v) is 10.4. The van der Waals surface area contributed by atoms with E-state index in [1.54, 1.807) is 10.7 Å². The Hall–Kier alpha value is -3.37. The first-order chi connectivity index (χ1) is 16.4. The first-order valence-corrected chi connectivity index (χ1v) is 12.7. The number of sulfonamides is 1. The molecule has 0 saturated heterocycles. The number of benzene rings is 2. The molecule has 0 saturated carbocycles. The number of amides is 1. The maximum atomic E-state index is 13.1. The van der Waals surface area contributed by atoms with Gasteiger partial charge in [-0.3, -0.25) is 4.79 Å². The van der Waals surface area contributed by atoms with Crippen LogP contribution in [0.3, 0.4) is 0 Å². The molecule has 0 unspecified atom stereocenters. The third kappa shape index (κ3) is 4.26. The zero-order valence-corrected chi connectivity index (χ0v) is 19.7. The lowest BCUT2D eigenvalue weighted by molar-refractivity contribution is -0.116. The summed E-state index contributed by atoms with van der Waals surface area (Å²) in [6, 6.07) is 14.1. The van der Waals surface area contributed by atoms with E-state index in [-0.39, 0.29) is 11.4 Å². The van der Waals surface area contributed by atoms with Gasteiger partial charge in [-0.05, 0) is 43.5 Å². The van der Waals surface area contributed by atoms with Gasteiger partial charge in [0.2, 0.25) is 15.9 Å². The third-order valence-electron chi connectivity index (χ3n) is 5.96. The highest BCUT2D eigenvalue weighted by Crippen LogP contribution is 2.33. The van der Waals surface area contributed by atoms with E-state index in [4.69, 9.17) is 9.47 Å². The number of para-hydroxylation sites is 1. The summed E-state index contributed by atoms with van der Waals surface area (Å²) in [4.78, 5) is 13.0. The number of aromatic nitrogens is 2. The average Bonchev–Trinajstić information content (AvgIpc) is 3.33. The molecule has 9 nitrogen and oxygen atoms in total. The van der Waals surface area contributed by atoms with Crippen molar-refractivity contribution in [2.24, 2.45) is 0 Å². The first kappa shape index (κ1) is 22.4. The normalized spacial score (nSPS) is 15.1. The molecule has 2 heterocycles. The quantitative estimate of drug-likeness (QED) is 0.580. The van der Waals surface area contributed by atoms with Gasteiger partial charge in [0.1, 0.15) is 5.82 Å². The number of rotatable bonds is 6. The summed E-state index contributed by atoms with van der Waals surface area (Å²) >= 11 is 0. The van der Waals surface area contributed by atoms with Gasteiger partial charge in [0, 0.05) is 25.1 Å². The fourth-order valence-electron chi connectivity index (χ4n) is 4.22. The van der Waals surface area contributed by atoms with Gasteiger partial charge in [-0.25, -0.2) is 13.1 Å². The number of carbonyl (C=O) groups excluding carboxylic acids is 1. The van der Waals surface area contributed by atoms with Crippen LogP contribution in [0.15, 0.2) is 53.4 Å². The number of likely N-dealkylation sites (N-methyl/N-ethyl adjacent to an activating group) is 1. The molecule has 1 aromatic heterocycles. The zero-order chi connectivity index (χ0) is 23.7. The van der Waals surface area contributed by atoms with Gasteiger partial charge in [-0.1, -0.05) is 18.2 Å². The SMILES string of the molecule is CN(CC(=O)Nc1c2c(nn1-c1ccccc1)CCC2)S(=O)(=O)c1ccc2c(c1)OCCCO2. The fraction of sp³-hybridized carbons (Fsp3) is 0.333. The summed E-state index contributed by atoms with van der Waals surface area (Å²) in [5, 5.41) is 7.60. The second-order valence-electron chi connectivity index (χ2n) is 8.34. The highest BCUT2D eigenvalue weighted by molar-refractivity contribution is 7.89. The van der Waals surface area contributed by atoms with Crippen molar-refractivity contribution in [3.05, 3.63) is 59.8 Å². The molecule has 3 aromatic rings. The Balaban J connectivity index is 1.35. The smallest absolute Gasteiger partial charge is 0.243 e. The maximum Gasteiger partial charge on any atom is 0.243 e. The van der Waals surface area contributed by atoms with Crippen LogP contribution in [0.1, 0.15) is 24.1 Å². The van der Waals surface area contributed by atoms with Crippen molar-refractivity contribution in [2.75, 3.05) is 32.1 Å². The van der Waals surface area contributed by atoms with E-state index in [9.17, 15) is 13.2 Å². The summed E-state index contributed by atoms with van der Waals surface area (Å²) in [6.07, 6.45) is 3.38. The van der Waals surface area contributed by atoms with Gasteiger partial charge in [0.15, 0.2) is 11.5 Å². The molecule has 0 fully saturated rings. The monoisotopic (exact) mass is 482 g/mol. The Morgan fingerprint density at radius 2 is 1.82 bits per heavy atom. The molecular formula is C24H26N4O5S. The maximum absolute atomic E-state index is 13.1. The minimum Gasteiger partial charge on any atom is -0.490 e. The number of hydrogen-bond donors (Lipinski definition) is 1. The number of hydrogen-bond acceptors (Lipinski definition) is 6. The molecule has 0 spiro atoms. The van der Waals surface area contributed by atoms with Gasteiger partial charge in [-0.2, -0.15) is 9.40 Å². The molecule has 178 valence electrons. The van der Waals surface area contributed by atoms with Crippen molar-refractivity contribution in [1.82, 2.24) is 14.1 Å². The third-order valence-corrected chi connectivity index (χ3v) is 7.76. The summed E-state index contributed by atoms with van der Waals surface area (Å²) in [7, 11) is -2.53. The lowest BCUT2D eigenvalue weighted by Gasteiger charge is -2.18. The second kappa shape index (κ2) is 9.11. The molecule has 5 rings (SSSR count). The Bertz CT molecular complexity index is 1320. The van der Waals surface area contributed by atoms with Crippen molar-refractivity contribution in [3.63, 3.8) is 0 Å². The van der Waals surface area contributed by atoms with Crippen LogP contribution in [0.2, 0.25) is 0 Å². The van der Waals surface area contributed by atoms with E-state index < -0.39 is 15.9 Å². The molecule has 1 amide bonds. The van der Waals surface area contributed by atoms with Crippen LogP contribution in [-0.4, -0.2) is 55.2 Å². The van der Waals surface area contributed by atoms with Crippen molar-refractivity contribution in [3.8, 4) is 17.2 Å². The van der Waals surface area contributed by atoms with Gasteiger partial charge >= 0.3 is 0 Å². The molecule has 0 radical (unpaired) electrons. The molecule has 2 aliphatic rings. The Morgan fingerprint density at radius 3 is 2.62 bits per heavy atom. The van der Waals surface area contributed by atoms with E-state index in [1.807, 2.05) is 30.3 Å². The summed E-state index contributed by atoms with van der Waals surface area (Å²) < 4.78 is 40.2. The van der Waals surface area contributed by atoms with E-state index in [0.29, 0.717) is 30.5 Å². The number of fused-ring (bicyclic) bond motifs is 2. The molecule has 1 aliphatic heterocycles. The Labute approximate surface area is 198 Å². The molecule has 34 heavy (non-hydrogen) atoms. The Kier molecular flexibility index (Phi) is 6.01. The number of anilines is 1. The molecule has 10 heteroatoms. The van der Waals surface area contributed by atoms with Crippen LogP contribution < -0.4 is 14.8 Å². The van der Waals surface area contributed by atoms with Crippen LogP contribution in [0.4, 0.5) is 5.82 Å². The van der Waals surface area contributed by atoms with Gasteiger partial charge in [-0.15, -0.1) is 0 Å². The molecule has 1 N–H and O–H groups in total. The number of carbonyl (C=O) groups is 1. The number of nitrogens with zero attached hydrogens (tertiary/aromatic N) is 3. The molecule has 1 aliphatic carbocycles.